The van der Waals surface area contributed by atoms with E-state index in [2.05, 4.69) is 235 Å². The summed E-state index contributed by atoms with van der Waals surface area (Å²) in [6.45, 7) is 0. The number of halogens is 2. The van der Waals surface area contributed by atoms with E-state index < -0.39 is 16.1 Å². The van der Waals surface area contributed by atoms with E-state index in [1.807, 2.05) is 18.2 Å². The van der Waals surface area contributed by atoms with Gasteiger partial charge in [0.1, 0.15) is 0 Å². The summed E-state index contributed by atoms with van der Waals surface area (Å²) in [5.74, 6) is 0. The van der Waals surface area contributed by atoms with E-state index in [9.17, 15) is 0 Å². The second-order valence-electron chi connectivity index (χ2n) is 14.7. The molecule has 284 valence electrons. The van der Waals surface area contributed by atoms with Gasteiger partial charge in [-0.25, -0.2) is 0 Å². The zero-order valence-corrected chi connectivity index (χ0v) is 35.9. The molecule has 0 aliphatic heterocycles. The summed E-state index contributed by atoms with van der Waals surface area (Å²) in [6, 6.07) is 90.2. The minimum atomic E-state index is -2.72. The van der Waals surface area contributed by atoms with Crippen molar-refractivity contribution in [2.75, 3.05) is 4.90 Å². The molecule has 0 aromatic heterocycles. The summed E-state index contributed by atoms with van der Waals surface area (Å²) >= 11 is 13.9. The van der Waals surface area contributed by atoms with Crippen LogP contribution < -0.4 is 46.4 Å². The van der Waals surface area contributed by atoms with Gasteiger partial charge in [0.25, 0.3) is 0 Å². The lowest BCUT2D eigenvalue weighted by atomic mass is 10.2. The van der Waals surface area contributed by atoms with Gasteiger partial charge in [-0.3, -0.25) is 0 Å². The Morgan fingerprint density at radius 1 is 0.254 bits per heavy atom. The van der Waals surface area contributed by atoms with Crippen molar-refractivity contribution in [3.8, 4) is 0 Å². The van der Waals surface area contributed by atoms with Crippen LogP contribution in [-0.2, 0) is 0 Å². The van der Waals surface area contributed by atoms with Gasteiger partial charge in [0, 0.05) is 11.4 Å². The maximum Gasteiger partial charge on any atom is 0.179 e. The SMILES string of the molecule is Clc1cccc(N(c2ccc([Si](c3ccccc3)(c3ccccc3)c3ccccc3)cc2)c2ccc([Si](c3ccccc3)(c3ccccc3)c3ccccc3)cc2)c1Cl. The number of anilines is 3. The number of nitrogens with zero attached hydrogens (tertiary/aromatic N) is 1. The molecular weight excluding hydrogens is 790 g/mol. The monoisotopic (exact) mass is 829 g/mol. The van der Waals surface area contributed by atoms with Crippen molar-refractivity contribution in [1.29, 1.82) is 0 Å². The first kappa shape index (κ1) is 38.3. The van der Waals surface area contributed by atoms with Crippen molar-refractivity contribution in [1.82, 2.24) is 0 Å². The lowest BCUT2D eigenvalue weighted by Gasteiger charge is -2.35. The van der Waals surface area contributed by atoms with Crippen LogP contribution in [0.2, 0.25) is 10.0 Å². The number of hydrogen-bond acceptors (Lipinski definition) is 1. The predicted molar refractivity (Wildman–Crippen MR) is 258 cm³/mol. The van der Waals surface area contributed by atoms with Gasteiger partial charge in [-0.1, -0.05) is 236 Å². The lowest BCUT2D eigenvalue weighted by Crippen LogP contribution is -2.74. The molecule has 9 rings (SSSR count). The van der Waals surface area contributed by atoms with E-state index in [0.717, 1.165) is 17.1 Å². The zero-order chi connectivity index (χ0) is 40.1. The molecule has 0 saturated heterocycles. The van der Waals surface area contributed by atoms with Gasteiger partial charge in [0.15, 0.2) is 16.1 Å². The van der Waals surface area contributed by atoms with E-state index in [4.69, 9.17) is 23.2 Å². The third-order valence-electron chi connectivity index (χ3n) is 11.5. The van der Waals surface area contributed by atoms with Gasteiger partial charge in [0.05, 0.1) is 15.7 Å². The minimum absolute atomic E-state index is 0.505. The van der Waals surface area contributed by atoms with Crippen LogP contribution in [0.15, 0.2) is 249 Å². The normalized spacial score (nSPS) is 11.6. The van der Waals surface area contributed by atoms with Crippen molar-refractivity contribution in [2.24, 2.45) is 0 Å². The standard InChI is InChI=1S/C54H41Cl2NSi2/c55-52-32-19-33-53(54(52)56)57(42-34-38-50(39-35-42)58(44-20-7-1-8-21-44,45-22-9-2-10-23-45)46-24-11-3-12-25-46)43-36-40-51(41-37-43)59(47-26-13-4-14-27-47,48-28-15-5-16-29-48)49-30-17-6-18-31-49/h1-41H. The van der Waals surface area contributed by atoms with E-state index in [0.29, 0.717) is 10.0 Å². The highest BCUT2D eigenvalue weighted by Gasteiger charge is 2.42. The first-order chi connectivity index (χ1) is 29.1. The van der Waals surface area contributed by atoms with Gasteiger partial charge < -0.3 is 4.90 Å². The summed E-state index contributed by atoms with van der Waals surface area (Å²) < 4.78 is 0. The van der Waals surface area contributed by atoms with Crippen molar-refractivity contribution in [3.63, 3.8) is 0 Å². The molecule has 5 heteroatoms. The van der Waals surface area contributed by atoms with Gasteiger partial charge >= 0.3 is 0 Å². The Kier molecular flexibility index (Phi) is 11.0. The maximum atomic E-state index is 7.12. The Hall–Kier alpha value is -6.21. The molecule has 0 heterocycles. The van der Waals surface area contributed by atoms with Crippen LogP contribution in [0.4, 0.5) is 17.1 Å². The molecular formula is C54H41Cl2NSi2. The molecule has 0 radical (unpaired) electrons. The number of benzene rings is 9. The zero-order valence-electron chi connectivity index (χ0n) is 32.4. The fraction of sp³-hybridized carbons (Fsp3) is 0. The third kappa shape index (κ3) is 6.96. The maximum absolute atomic E-state index is 7.12. The Morgan fingerprint density at radius 3 is 0.780 bits per heavy atom. The molecule has 0 fully saturated rings. The highest BCUT2D eigenvalue weighted by atomic mass is 35.5. The molecule has 0 spiro atoms. The summed E-state index contributed by atoms with van der Waals surface area (Å²) in [5, 5.41) is 11.6. The molecule has 0 atom stereocenters. The van der Waals surface area contributed by atoms with E-state index in [1.54, 1.807) is 0 Å². The molecule has 0 N–H and O–H groups in total. The lowest BCUT2D eigenvalue weighted by molar-refractivity contribution is 1.29. The molecule has 0 aliphatic carbocycles. The van der Waals surface area contributed by atoms with Crippen LogP contribution in [0, 0.1) is 0 Å². The van der Waals surface area contributed by atoms with E-state index in [1.165, 1.54) is 41.5 Å². The second-order valence-corrected chi connectivity index (χ2v) is 23.1. The van der Waals surface area contributed by atoms with E-state index >= 15 is 0 Å². The average molecular weight is 831 g/mol. The smallest absolute Gasteiger partial charge is 0.179 e. The van der Waals surface area contributed by atoms with Crippen LogP contribution in [0.3, 0.4) is 0 Å². The van der Waals surface area contributed by atoms with Crippen LogP contribution in [0.1, 0.15) is 0 Å². The first-order valence-corrected chi connectivity index (χ1v) is 24.7. The summed E-state index contributed by atoms with van der Waals surface area (Å²) in [5.41, 5.74) is 2.79. The topological polar surface area (TPSA) is 3.24 Å². The third-order valence-corrected chi connectivity index (χ3v) is 21.9. The minimum Gasteiger partial charge on any atom is -0.309 e. The largest absolute Gasteiger partial charge is 0.309 e. The quantitative estimate of drug-likeness (QED) is 0.0929. The molecule has 0 unspecified atom stereocenters. The Balaban J connectivity index is 1.22. The van der Waals surface area contributed by atoms with E-state index in [-0.39, 0.29) is 0 Å². The molecule has 9 aromatic rings. The fourth-order valence-electron chi connectivity index (χ4n) is 8.94. The second kappa shape index (κ2) is 16.9. The molecule has 0 aliphatic rings. The Bertz CT molecular complexity index is 2390. The highest BCUT2D eigenvalue weighted by molar-refractivity contribution is 7.20. The highest BCUT2D eigenvalue weighted by Crippen LogP contribution is 2.41. The van der Waals surface area contributed by atoms with Crippen LogP contribution in [-0.4, -0.2) is 16.1 Å². The van der Waals surface area contributed by atoms with Crippen molar-refractivity contribution in [3.05, 3.63) is 259 Å². The first-order valence-electron chi connectivity index (χ1n) is 19.9. The van der Waals surface area contributed by atoms with Crippen LogP contribution >= 0.6 is 23.2 Å². The average Bonchev–Trinajstić information content (AvgIpc) is 3.31. The van der Waals surface area contributed by atoms with Crippen LogP contribution in [0.5, 0.6) is 0 Å². The number of hydrogen-bond donors (Lipinski definition) is 0. The summed E-state index contributed by atoms with van der Waals surface area (Å²) in [4.78, 5) is 2.23. The van der Waals surface area contributed by atoms with Gasteiger partial charge in [-0.15, -0.1) is 0 Å². The van der Waals surface area contributed by atoms with Gasteiger partial charge in [0.2, 0.25) is 0 Å². The molecule has 0 amide bonds. The molecule has 0 saturated carbocycles. The molecule has 0 bridgehead atoms. The predicted octanol–water partition coefficient (Wildman–Crippen LogP) is 9.22. The number of rotatable bonds is 11. The van der Waals surface area contributed by atoms with Crippen molar-refractivity contribution < 1.29 is 0 Å². The Morgan fingerprint density at radius 2 is 0.508 bits per heavy atom. The Labute approximate surface area is 359 Å². The van der Waals surface area contributed by atoms with Gasteiger partial charge in [-0.05, 0) is 77.9 Å². The summed E-state index contributed by atoms with van der Waals surface area (Å²) in [7, 11) is -5.44. The summed E-state index contributed by atoms with van der Waals surface area (Å²) in [6.07, 6.45) is 0. The molecule has 1 nitrogen and oxygen atoms in total. The molecule has 59 heavy (non-hydrogen) atoms. The van der Waals surface area contributed by atoms with Crippen molar-refractivity contribution >= 4 is 97.9 Å². The fourth-order valence-corrected chi connectivity index (χ4v) is 18.8. The molecule has 9 aromatic carbocycles. The van der Waals surface area contributed by atoms with Crippen LogP contribution in [0.25, 0.3) is 0 Å². The van der Waals surface area contributed by atoms with Gasteiger partial charge in [-0.2, -0.15) is 0 Å². The van der Waals surface area contributed by atoms with Crippen molar-refractivity contribution in [2.45, 2.75) is 0 Å².